The second-order valence-electron chi connectivity index (χ2n) is 6.92. The van der Waals surface area contributed by atoms with Crippen molar-refractivity contribution in [1.82, 2.24) is 10.2 Å². The summed E-state index contributed by atoms with van der Waals surface area (Å²) in [4.78, 5) is 26.8. The maximum absolute atomic E-state index is 12.5. The highest BCUT2D eigenvalue weighted by Gasteiger charge is 2.40. The summed E-state index contributed by atoms with van der Waals surface area (Å²) in [7, 11) is 0. The first kappa shape index (κ1) is 17.8. The van der Waals surface area contributed by atoms with Crippen LogP contribution in [0.25, 0.3) is 6.08 Å². The van der Waals surface area contributed by atoms with E-state index in [2.05, 4.69) is 26.6 Å². The third kappa shape index (κ3) is 3.76. The zero-order valence-electron chi connectivity index (χ0n) is 14.7. The summed E-state index contributed by atoms with van der Waals surface area (Å²) in [5, 5.41) is 6.58. The second kappa shape index (κ2) is 7.19. The molecule has 138 valence electrons. The van der Waals surface area contributed by atoms with Gasteiger partial charge in [0.05, 0.1) is 5.56 Å². The normalized spacial score (nSPS) is 18.1. The Kier molecular flexibility index (Phi) is 4.74. The molecule has 1 spiro atoms. The number of likely N-dealkylation sites (tertiary alicyclic amines) is 1. The molecule has 6 heteroatoms. The van der Waals surface area contributed by atoms with Crippen LogP contribution >= 0.6 is 15.9 Å². The van der Waals surface area contributed by atoms with Crippen LogP contribution in [-0.2, 0) is 4.79 Å². The molecule has 27 heavy (non-hydrogen) atoms. The van der Waals surface area contributed by atoms with Crippen LogP contribution < -0.4 is 10.6 Å². The van der Waals surface area contributed by atoms with Gasteiger partial charge in [-0.25, -0.2) is 0 Å². The number of rotatable bonds is 2. The average molecular weight is 426 g/mol. The van der Waals surface area contributed by atoms with Crippen LogP contribution in [0.5, 0.6) is 0 Å². The van der Waals surface area contributed by atoms with Crippen molar-refractivity contribution < 1.29 is 9.59 Å². The predicted octanol–water partition coefficient (Wildman–Crippen LogP) is 3.64. The lowest BCUT2D eigenvalue weighted by Gasteiger charge is -2.45. The van der Waals surface area contributed by atoms with Gasteiger partial charge in [-0.2, -0.15) is 0 Å². The molecule has 0 radical (unpaired) electrons. The van der Waals surface area contributed by atoms with Gasteiger partial charge in [-0.05, 0) is 29.8 Å². The largest absolute Gasteiger partial charge is 0.362 e. The van der Waals surface area contributed by atoms with E-state index in [4.69, 9.17) is 0 Å². The first-order valence-corrected chi connectivity index (χ1v) is 9.76. The number of piperidine rings is 1. The predicted molar refractivity (Wildman–Crippen MR) is 109 cm³/mol. The molecule has 2 aromatic rings. The fourth-order valence-corrected chi connectivity index (χ4v) is 3.94. The monoisotopic (exact) mass is 425 g/mol. The molecule has 4 rings (SSSR count). The van der Waals surface area contributed by atoms with E-state index in [1.54, 1.807) is 6.08 Å². The van der Waals surface area contributed by atoms with Gasteiger partial charge in [0.25, 0.3) is 5.91 Å². The van der Waals surface area contributed by atoms with Gasteiger partial charge >= 0.3 is 0 Å². The van der Waals surface area contributed by atoms with Gasteiger partial charge in [0.2, 0.25) is 5.91 Å². The van der Waals surface area contributed by atoms with E-state index in [-0.39, 0.29) is 11.8 Å². The van der Waals surface area contributed by atoms with E-state index in [0.717, 1.165) is 15.7 Å². The van der Waals surface area contributed by atoms with Crippen LogP contribution in [0.15, 0.2) is 59.1 Å². The molecule has 0 aromatic heterocycles. The van der Waals surface area contributed by atoms with Crippen molar-refractivity contribution in [3.63, 3.8) is 0 Å². The number of anilines is 1. The number of hydrogen-bond acceptors (Lipinski definition) is 3. The summed E-state index contributed by atoms with van der Waals surface area (Å²) in [5.41, 5.74) is 1.99. The van der Waals surface area contributed by atoms with Crippen molar-refractivity contribution in [2.24, 2.45) is 0 Å². The van der Waals surface area contributed by atoms with Gasteiger partial charge in [0.1, 0.15) is 5.66 Å². The van der Waals surface area contributed by atoms with Crippen molar-refractivity contribution >= 4 is 39.5 Å². The summed E-state index contributed by atoms with van der Waals surface area (Å²) < 4.78 is 0.875. The first-order valence-electron chi connectivity index (χ1n) is 8.97. The zero-order chi connectivity index (χ0) is 18.9. The fraction of sp³-hybridized carbons (Fsp3) is 0.238. The maximum Gasteiger partial charge on any atom is 0.255 e. The number of nitrogens with zero attached hydrogens (tertiary/aromatic N) is 1. The Morgan fingerprint density at radius 1 is 1.07 bits per heavy atom. The molecule has 0 atom stereocenters. The number of carbonyl (C=O) groups is 2. The van der Waals surface area contributed by atoms with Crippen LogP contribution in [0.4, 0.5) is 5.69 Å². The van der Waals surface area contributed by atoms with Gasteiger partial charge in [-0.15, -0.1) is 0 Å². The molecule has 0 aliphatic carbocycles. The molecule has 2 aliphatic heterocycles. The standard InChI is InChI=1S/C21H20BrN3O2/c22-16-7-8-18-17(14-16)20(27)24-21(23-18)10-12-25(13-11-21)19(26)9-6-15-4-2-1-3-5-15/h1-9,14,23H,10-13H2,(H,24,27)/b9-6+. The van der Waals surface area contributed by atoms with Crippen molar-refractivity contribution in [2.75, 3.05) is 18.4 Å². The lowest BCUT2D eigenvalue weighted by atomic mass is 9.92. The zero-order valence-corrected chi connectivity index (χ0v) is 16.3. The second-order valence-corrected chi connectivity index (χ2v) is 7.84. The third-order valence-electron chi connectivity index (χ3n) is 5.10. The Morgan fingerprint density at radius 3 is 2.56 bits per heavy atom. The van der Waals surface area contributed by atoms with E-state index in [1.807, 2.05) is 59.5 Å². The quantitative estimate of drug-likeness (QED) is 0.721. The maximum atomic E-state index is 12.5. The molecule has 2 N–H and O–H groups in total. The number of halogens is 1. The Bertz CT molecular complexity index is 903. The first-order chi connectivity index (χ1) is 13.0. The summed E-state index contributed by atoms with van der Waals surface area (Å²) >= 11 is 3.40. The lowest BCUT2D eigenvalue weighted by molar-refractivity contribution is -0.127. The number of amides is 2. The van der Waals surface area contributed by atoms with E-state index in [0.29, 0.717) is 31.5 Å². The van der Waals surface area contributed by atoms with E-state index in [9.17, 15) is 9.59 Å². The Morgan fingerprint density at radius 2 is 1.81 bits per heavy atom. The van der Waals surface area contributed by atoms with Gasteiger partial charge in [-0.3, -0.25) is 9.59 Å². The van der Waals surface area contributed by atoms with Gasteiger partial charge in [0, 0.05) is 42.2 Å². The summed E-state index contributed by atoms with van der Waals surface area (Å²) in [6.45, 7) is 1.19. The smallest absolute Gasteiger partial charge is 0.255 e. The molecule has 5 nitrogen and oxygen atoms in total. The Labute approximate surface area is 166 Å². The van der Waals surface area contributed by atoms with Crippen molar-refractivity contribution in [1.29, 1.82) is 0 Å². The highest BCUT2D eigenvalue weighted by Crippen LogP contribution is 2.32. The number of benzene rings is 2. The molecule has 0 saturated carbocycles. The number of fused-ring (bicyclic) bond motifs is 1. The van der Waals surface area contributed by atoms with Gasteiger partial charge < -0.3 is 15.5 Å². The molecule has 2 aliphatic rings. The average Bonchev–Trinajstić information content (AvgIpc) is 2.68. The molecule has 0 bridgehead atoms. The van der Waals surface area contributed by atoms with Crippen LogP contribution in [0.3, 0.4) is 0 Å². The summed E-state index contributed by atoms with van der Waals surface area (Å²) in [6.07, 6.45) is 4.78. The number of carbonyl (C=O) groups excluding carboxylic acids is 2. The van der Waals surface area contributed by atoms with E-state index >= 15 is 0 Å². The molecule has 2 heterocycles. The summed E-state index contributed by atoms with van der Waals surface area (Å²) in [5.74, 6) is -0.0750. The highest BCUT2D eigenvalue weighted by molar-refractivity contribution is 9.10. The summed E-state index contributed by atoms with van der Waals surface area (Å²) in [6, 6.07) is 15.4. The SMILES string of the molecule is O=C1NC2(CCN(C(=O)/C=C/c3ccccc3)CC2)Nc2ccc(Br)cc21. The topological polar surface area (TPSA) is 61.4 Å². The van der Waals surface area contributed by atoms with Crippen LogP contribution in [0.2, 0.25) is 0 Å². The minimum absolute atomic E-state index is 0.000157. The molecule has 1 fully saturated rings. The van der Waals surface area contributed by atoms with Crippen molar-refractivity contribution in [3.05, 3.63) is 70.2 Å². The number of nitrogens with one attached hydrogen (secondary N) is 2. The minimum atomic E-state index is -0.488. The van der Waals surface area contributed by atoms with Gasteiger partial charge in [-0.1, -0.05) is 46.3 Å². The van der Waals surface area contributed by atoms with Crippen molar-refractivity contribution in [3.8, 4) is 0 Å². The molecule has 1 saturated heterocycles. The van der Waals surface area contributed by atoms with E-state index in [1.165, 1.54) is 0 Å². The molecule has 0 unspecified atom stereocenters. The minimum Gasteiger partial charge on any atom is -0.362 e. The lowest BCUT2D eigenvalue weighted by Crippen LogP contribution is -2.62. The third-order valence-corrected chi connectivity index (χ3v) is 5.59. The van der Waals surface area contributed by atoms with Crippen LogP contribution in [0.1, 0.15) is 28.8 Å². The molecular weight excluding hydrogens is 406 g/mol. The number of hydrogen-bond donors (Lipinski definition) is 2. The van der Waals surface area contributed by atoms with Crippen LogP contribution in [-0.4, -0.2) is 35.5 Å². The molecular formula is C21H20BrN3O2. The van der Waals surface area contributed by atoms with E-state index < -0.39 is 5.66 Å². The molecule has 2 aromatic carbocycles. The Balaban J connectivity index is 1.41. The highest BCUT2D eigenvalue weighted by atomic mass is 79.9. The Hall–Kier alpha value is -2.60. The fourth-order valence-electron chi connectivity index (χ4n) is 3.58. The van der Waals surface area contributed by atoms with Gasteiger partial charge in [0.15, 0.2) is 0 Å². The van der Waals surface area contributed by atoms with Crippen LogP contribution in [0, 0.1) is 0 Å². The molecule has 2 amide bonds. The van der Waals surface area contributed by atoms with Crippen molar-refractivity contribution in [2.45, 2.75) is 18.5 Å².